The largest absolute Gasteiger partial charge is 0.326 e. The van der Waals surface area contributed by atoms with Crippen LogP contribution in [0.2, 0.25) is 0 Å². The topological polar surface area (TPSA) is 55.1 Å². The van der Waals surface area contributed by atoms with Gasteiger partial charge >= 0.3 is 0 Å². The highest BCUT2D eigenvalue weighted by atomic mass is 32.1. The molecule has 1 aromatic rings. The van der Waals surface area contributed by atoms with Crippen LogP contribution in [-0.2, 0) is 11.3 Å². The van der Waals surface area contributed by atoms with E-state index in [0.717, 1.165) is 10.6 Å². The van der Waals surface area contributed by atoms with Crippen LogP contribution in [0.25, 0.3) is 0 Å². The number of nitrogens with one attached hydrogen (secondary N) is 1. The Balaban J connectivity index is 2.76. The summed E-state index contributed by atoms with van der Waals surface area (Å²) in [6, 6.07) is 1.86. The molecule has 0 saturated heterocycles. The molecule has 0 atom stereocenters. The van der Waals surface area contributed by atoms with Gasteiger partial charge in [0.1, 0.15) is 0 Å². The number of carbonyl (C=O) groups excluding carboxylic acids is 1. The predicted octanol–water partition coefficient (Wildman–Crippen LogP) is 1.17. The molecule has 0 aliphatic heterocycles. The maximum Gasteiger partial charge on any atom is 0.221 e. The van der Waals surface area contributed by atoms with E-state index in [9.17, 15) is 4.79 Å². The lowest BCUT2D eigenvalue weighted by Crippen LogP contribution is -2.07. The highest BCUT2D eigenvalue weighted by molar-refractivity contribution is 7.10. The van der Waals surface area contributed by atoms with E-state index in [1.807, 2.05) is 11.4 Å². The van der Waals surface area contributed by atoms with Gasteiger partial charge in [0, 0.05) is 18.3 Å². The van der Waals surface area contributed by atoms with Crippen molar-refractivity contribution in [2.75, 3.05) is 5.32 Å². The second kappa shape index (κ2) is 3.50. The van der Waals surface area contributed by atoms with Crippen molar-refractivity contribution in [2.45, 2.75) is 13.5 Å². The zero-order valence-corrected chi connectivity index (χ0v) is 7.07. The predicted molar refractivity (Wildman–Crippen MR) is 46.5 cm³/mol. The number of hydrogen-bond donors (Lipinski definition) is 2. The number of thiophene rings is 1. The van der Waals surface area contributed by atoms with Crippen LogP contribution in [0.4, 0.5) is 5.69 Å². The Morgan fingerprint density at radius 2 is 2.55 bits per heavy atom. The third-order valence-electron chi connectivity index (χ3n) is 1.24. The molecular formula is C7H10N2OS. The second-order valence-corrected chi connectivity index (χ2v) is 3.14. The van der Waals surface area contributed by atoms with Crippen molar-refractivity contribution < 1.29 is 4.79 Å². The highest BCUT2D eigenvalue weighted by Crippen LogP contribution is 2.20. The summed E-state index contributed by atoms with van der Waals surface area (Å²) in [5.74, 6) is -0.0573. The Kier molecular flexibility index (Phi) is 2.62. The third kappa shape index (κ3) is 2.03. The second-order valence-electron chi connectivity index (χ2n) is 2.14. The van der Waals surface area contributed by atoms with Gasteiger partial charge in [-0.15, -0.1) is 11.3 Å². The SMILES string of the molecule is CC(=O)Nc1ccsc1CN. The van der Waals surface area contributed by atoms with E-state index in [4.69, 9.17) is 5.73 Å². The standard InChI is InChI=1S/C7H10N2OS/c1-5(10)9-6-2-3-11-7(6)4-8/h2-3H,4,8H2,1H3,(H,9,10). The van der Waals surface area contributed by atoms with Gasteiger partial charge in [0.2, 0.25) is 5.91 Å². The zero-order chi connectivity index (χ0) is 8.27. The molecule has 3 nitrogen and oxygen atoms in total. The molecule has 60 valence electrons. The van der Waals surface area contributed by atoms with Crippen LogP contribution < -0.4 is 11.1 Å². The fraction of sp³-hybridized carbons (Fsp3) is 0.286. The van der Waals surface area contributed by atoms with Crippen molar-refractivity contribution in [1.82, 2.24) is 0 Å². The fourth-order valence-corrected chi connectivity index (χ4v) is 1.51. The van der Waals surface area contributed by atoms with Crippen LogP contribution in [0, 0.1) is 0 Å². The molecule has 0 saturated carbocycles. The maximum atomic E-state index is 10.6. The zero-order valence-electron chi connectivity index (χ0n) is 6.26. The van der Waals surface area contributed by atoms with Crippen molar-refractivity contribution in [3.8, 4) is 0 Å². The molecule has 4 heteroatoms. The summed E-state index contributed by atoms with van der Waals surface area (Å²) >= 11 is 1.55. The van der Waals surface area contributed by atoms with Crippen LogP contribution in [0.3, 0.4) is 0 Å². The third-order valence-corrected chi connectivity index (χ3v) is 2.18. The van der Waals surface area contributed by atoms with Gasteiger partial charge in [0.15, 0.2) is 0 Å². The monoisotopic (exact) mass is 170 g/mol. The molecule has 0 aliphatic rings. The molecular weight excluding hydrogens is 160 g/mol. The first-order valence-electron chi connectivity index (χ1n) is 3.28. The number of anilines is 1. The van der Waals surface area contributed by atoms with Crippen LogP contribution >= 0.6 is 11.3 Å². The molecule has 1 heterocycles. The maximum absolute atomic E-state index is 10.6. The summed E-state index contributed by atoms with van der Waals surface area (Å²) in [6.07, 6.45) is 0. The van der Waals surface area contributed by atoms with Gasteiger partial charge in [-0.1, -0.05) is 0 Å². The molecule has 1 aromatic heterocycles. The van der Waals surface area contributed by atoms with E-state index in [-0.39, 0.29) is 5.91 Å². The van der Waals surface area contributed by atoms with Crippen LogP contribution in [-0.4, -0.2) is 5.91 Å². The minimum Gasteiger partial charge on any atom is -0.326 e. The molecule has 0 radical (unpaired) electrons. The normalized spacial score (nSPS) is 9.64. The molecule has 0 spiro atoms. The van der Waals surface area contributed by atoms with Crippen LogP contribution in [0.5, 0.6) is 0 Å². The molecule has 1 amide bonds. The molecule has 0 aliphatic carbocycles. The Hall–Kier alpha value is -0.870. The fourth-order valence-electron chi connectivity index (χ4n) is 0.800. The lowest BCUT2D eigenvalue weighted by Gasteiger charge is -1.99. The van der Waals surface area contributed by atoms with E-state index < -0.39 is 0 Å². The van der Waals surface area contributed by atoms with Crippen molar-refractivity contribution in [3.63, 3.8) is 0 Å². The quantitative estimate of drug-likeness (QED) is 0.700. The summed E-state index contributed by atoms with van der Waals surface area (Å²) in [5.41, 5.74) is 6.27. The summed E-state index contributed by atoms with van der Waals surface area (Å²) in [7, 11) is 0. The van der Waals surface area contributed by atoms with E-state index >= 15 is 0 Å². The van der Waals surface area contributed by atoms with Crippen molar-refractivity contribution in [2.24, 2.45) is 5.73 Å². The Labute approximate surface area is 69.2 Å². The van der Waals surface area contributed by atoms with Crippen LogP contribution in [0.1, 0.15) is 11.8 Å². The number of nitrogens with two attached hydrogens (primary N) is 1. The van der Waals surface area contributed by atoms with Gasteiger partial charge < -0.3 is 11.1 Å². The van der Waals surface area contributed by atoms with Gasteiger partial charge in [-0.3, -0.25) is 4.79 Å². The van der Waals surface area contributed by atoms with Gasteiger partial charge in [-0.2, -0.15) is 0 Å². The number of hydrogen-bond acceptors (Lipinski definition) is 3. The molecule has 0 aromatic carbocycles. The Morgan fingerprint density at radius 3 is 3.09 bits per heavy atom. The smallest absolute Gasteiger partial charge is 0.221 e. The molecule has 0 bridgehead atoms. The van der Waals surface area contributed by atoms with Crippen molar-refractivity contribution in [1.29, 1.82) is 0 Å². The molecule has 0 unspecified atom stereocenters. The van der Waals surface area contributed by atoms with Gasteiger partial charge in [-0.05, 0) is 11.4 Å². The highest BCUT2D eigenvalue weighted by Gasteiger charge is 2.02. The lowest BCUT2D eigenvalue weighted by molar-refractivity contribution is -0.114. The van der Waals surface area contributed by atoms with Crippen LogP contribution in [0.15, 0.2) is 11.4 Å². The average Bonchev–Trinajstić information content (AvgIpc) is 2.34. The molecule has 3 N–H and O–H groups in total. The molecule has 0 fully saturated rings. The summed E-state index contributed by atoms with van der Waals surface area (Å²) in [6.45, 7) is 1.96. The summed E-state index contributed by atoms with van der Waals surface area (Å²) in [4.78, 5) is 11.6. The number of rotatable bonds is 2. The minimum atomic E-state index is -0.0573. The average molecular weight is 170 g/mol. The Bertz CT molecular complexity index is 257. The van der Waals surface area contributed by atoms with Crippen molar-refractivity contribution in [3.05, 3.63) is 16.3 Å². The van der Waals surface area contributed by atoms with E-state index in [2.05, 4.69) is 5.32 Å². The molecule has 11 heavy (non-hydrogen) atoms. The van der Waals surface area contributed by atoms with E-state index in [0.29, 0.717) is 6.54 Å². The first-order valence-corrected chi connectivity index (χ1v) is 4.16. The molecule has 1 rings (SSSR count). The van der Waals surface area contributed by atoms with Gasteiger partial charge in [0.25, 0.3) is 0 Å². The number of amides is 1. The Morgan fingerprint density at radius 1 is 1.82 bits per heavy atom. The lowest BCUT2D eigenvalue weighted by atomic mass is 10.4. The van der Waals surface area contributed by atoms with E-state index in [1.54, 1.807) is 11.3 Å². The van der Waals surface area contributed by atoms with Gasteiger partial charge in [0.05, 0.1) is 5.69 Å². The van der Waals surface area contributed by atoms with E-state index in [1.165, 1.54) is 6.92 Å². The van der Waals surface area contributed by atoms with Crippen molar-refractivity contribution >= 4 is 22.9 Å². The minimum absolute atomic E-state index is 0.0573. The summed E-state index contributed by atoms with van der Waals surface area (Å²) in [5, 5.41) is 4.61. The summed E-state index contributed by atoms with van der Waals surface area (Å²) < 4.78 is 0. The first-order chi connectivity index (χ1) is 5.24. The number of carbonyl (C=O) groups is 1. The van der Waals surface area contributed by atoms with Gasteiger partial charge in [-0.25, -0.2) is 0 Å². The first kappa shape index (κ1) is 8.23.